The van der Waals surface area contributed by atoms with Gasteiger partial charge in [-0.1, -0.05) is 0 Å². The fraction of sp³-hybridized carbons (Fsp3) is 0.833. The Labute approximate surface area is 97.8 Å². The van der Waals surface area contributed by atoms with Gasteiger partial charge < -0.3 is 9.80 Å². The number of hydrogen-bond acceptors (Lipinski definition) is 2. The van der Waals surface area contributed by atoms with Gasteiger partial charge in [-0.3, -0.25) is 0 Å². The Morgan fingerprint density at radius 3 is 2.38 bits per heavy atom. The largest absolute Gasteiger partial charge is 0.321 e. The van der Waals surface area contributed by atoms with Crippen LogP contribution in [0.4, 0.5) is 4.79 Å². The third kappa shape index (κ3) is 2.46. The highest BCUT2D eigenvalue weighted by Gasteiger charge is 2.33. The minimum absolute atomic E-state index is 0.00838. The molecule has 0 unspecified atom stereocenters. The zero-order valence-electron chi connectivity index (χ0n) is 10.6. The van der Waals surface area contributed by atoms with Gasteiger partial charge in [-0.2, -0.15) is 5.26 Å². The van der Waals surface area contributed by atoms with E-state index >= 15 is 0 Å². The first-order chi connectivity index (χ1) is 7.49. The second-order valence-electron chi connectivity index (χ2n) is 4.86. The Bertz CT molecular complexity index is 285. The van der Waals surface area contributed by atoms with Gasteiger partial charge in [-0.05, 0) is 40.5 Å². The number of amides is 2. The van der Waals surface area contributed by atoms with Crippen LogP contribution >= 0.6 is 0 Å². The molecule has 0 aromatic heterocycles. The number of urea groups is 1. The Kier molecular flexibility index (Phi) is 4.17. The van der Waals surface area contributed by atoms with Crippen LogP contribution in [0.3, 0.4) is 0 Å². The van der Waals surface area contributed by atoms with Crippen molar-refractivity contribution in [2.75, 3.05) is 6.54 Å². The molecule has 1 atom stereocenters. The molecular formula is C12H21N3O. The van der Waals surface area contributed by atoms with Gasteiger partial charge in [0.25, 0.3) is 0 Å². The summed E-state index contributed by atoms with van der Waals surface area (Å²) in [5.41, 5.74) is 0. The average Bonchev–Trinajstić information content (AvgIpc) is 2.63. The third-order valence-corrected chi connectivity index (χ3v) is 2.98. The maximum Gasteiger partial charge on any atom is 0.321 e. The first-order valence-corrected chi connectivity index (χ1v) is 5.97. The van der Waals surface area contributed by atoms with Crippen molar-refractivity contribution in [1.82, 2.24) is 9.80 Å². The monoisotopic (exact) mass is 223 g/mol. The van der Waals surface area contributed by atoms with Gasteiger partial charge in [-0.25, -0.2) is 4.79 Å². The van der Waals surface area contributed by atoms with Gasteiger partial charge in [0.2, 0.25) is 0 Å². The molecule has 0 spiro atoms. The van der Waals surface area contributed by atoms with E-state index < -0.39 is 0 Å². The summed E-state index contributed by atoms with van der Waals surface area (Å²) in [5, 5.41) is 8.98. The summed E-state index contributed by atoms with van der Waals surface area (Å²) in [6, 6.07) is 2.33. The van der Waals surface area contributed by atoms with Crippen LogP contribution in [-0.4, -0.2) is 40.5 Å². The van der Waals surface area contributed by atoms with Gasteiger partial charge in [-0.15, -0.1) is 0 Å². The number of nitrogens with zero attached hydrogens (tertiary/aromatic N) is 3. The normalized spacial score (nSPS) is 20.3. The molecule has 0 N–H and O–H groups in total. The first kappa shape index (κ1) is 12.8. The molecule has 1 aliphatic heterocycles. The minimum Gasteiger partial charge on any atom is -0.320 e. The molecule has 1 rings (SSSR count). The van der Waals surface area contributed by atoms with E-state index in [1.807, 2.05) is 32.6 Å². The van der Waals surface area contributed by atoms with Crippen molar-refractivity contribution >= 4 is 6.03 Å². The van der Waals surface area contributed by atoms with Crippen LogP contribution < -0.4 is 0 Å². The fourth-order valence-electron chi connectivity index (χ4n) is 2.32. The Hall–Kier alpha value is -1.24. The maximum absolute atomic E-state index is 12.3. The molecule has 1 heterocycles. The van der Waals surface area contributed by atoms with Gasteiger partial charge in [0.1, 0.15) is 6.04 Å². The molecule has 1 aliphatic rings. The lowest BCUT2D eigenvalue weighted by Gasteiger charge is -2.35. The van der Waals surface area contributed by atoms with Crippen LogP contribution in [0.5, 0.6) is 0 Å². The highest BCUT2D eigenvalue weighted by Crippen LogP contribution is 2.20. The van der Waals surface area contributed by atoms with Crippen molar-refractivity contribution in [3.05, 3.63) is 0 Å². The van der Waals surface area contributed by atoms with E-state index in [0.717, 1.165) is 12.8 Å². The zero-order chi connectivity index (χ0) is 12.3. The molecule has 1 saturated heterocycles. The molecule has 0 bridgehead atoms. The SMILES string of the molecule is CC(C)N(C(=O)N1CCC[C@H]1C#N)C(C)C. The van der Waals surface area contributed by atoms with E-state index in [9.17, 15) is 4.79 Å². The molecule has 1 fully saturated rings. The van der Waals surface area contributed by atoms with Gasteiger partial charge in [0, 0.05) is 18.6 Å². The molecule has 2 amide bonds. The molecule has 0 aromatic rings. The zero-order valence-corrected chi connectivity index (χ0v) is 10.6. The summed E-state index contributed by atoms with van der Waals surface area (Å²) >= 11 is 0. The standard InChI is InChI=1S/C12H21N3O/c1-9(2)15(10(3)4)12(16)14-7-5-6-11(14)8-13/h9-11H,5-7H2,1-4H3/t11-/m0/s1. The summed E-state index contributed by atoms with van der Waals surface area (Å²) in [4.78, 5) is 15.8. The summed E-state index contributed by atoms with van der Waals surface area (Å²) in [5.74, 6) is 0. The maximum atomic E-state index is 12.3. The van der Waals surface area contributed by atoms with Crippen LogP contribution in [0.15, 0.2) is 0 Å². The van der Waals surface area contributed by atoms with Crippen molar-refractivity contribution in [1.29, 1.82) is 5.26 Å². The number of likely N-dealkylation sites (tertiary alicyclic amines) is 1. The van der Waals surface area contributed by atoms with Crippen molar-refractivity contribution < 1.29 is 4.79 Å². The summed E-state index contributed by atoms with van der Waals surface area (Å²) in [7, 11) is 0. The van der Waals surface area contributed by atoms with Crippen molar-refractivity contribution in [2.45, 2.75) is 58.7 Å². The smallest absolute Gasteiger partial charge is 0.320 e. The number of nitriles is 1. The lowest BCUT2D eigenvalue weighted by molar-refractivity contribution is 0.127. The highest BCUT2D eigenvalue weighted by atomic mass is 16.2. The molecule has 0 aromatic carbocycles. The summed E-state index contributed by atoms with van der Waals surface area (Å²) in [6.45, 7) is 8.75. The molecule has 4 heteroatoms. The van der Waals surface area contributed by atoms with Crippen LogP contribution in [0, 0.1) is 11.3 Å². The highest BCUT2D eigenvalue weighted by molar-refractivity contribution is 5.76. The number of rotatable bonds is 2. The van der Waals surface area contributed by atoms with Crippen molar-refractivity contribution in [3.63, 3.8) is 0 Å². The average molecular weight is 223 g/mol. The van der Waals surface area contributed by atoms with Gasteiger partial charge in [0.15, 0.2) is 0 Å². The van der Waals surface area contributed by atoms with Crippen LogP contribution in [0.1, 0.15) is 40.5 Å². The number of carbonyl (C=O) groups is 1. The Balaban J connectivity index is 2.79. The van der Waals surface area contributed by atoms with Gasteiger partial charge in [0.05, 0.1) is 6.07 Å². The van der Waals surface area contributed by atoms with Crippen LogP contribution in [0.2, 0.25) is 0 Å². The molecule has 16 heavy (non-hydrogen) atoms. The van der Waals surface area contributed by atoms with E-state index in [-0.39, 0.29) is 24.2 Å². The van der Waals surface area contributed by atoms with E-state index in [4.69, 9.17) is 5.26 Å². The molecule has 4 nitrogen and oxygen atoms in total. The van der Waals surface area contributed by atoms with Crippen LogP contribution in [-0.2, 0) is 0 Å². The number of carbonyl (C=O) groups excluding carboxylic acids is 1. The van der Waals surface area contributed by atoms with Gasteiger partial charge >= 0.3 is 6.03 Å². The molecular weight excluding hydrogens is 202 g/mol. The molecule has 0 radical (unpaired) electrons. The van der Waals surface area contributed by atoms with Crippen molar-refractivity contribution in [3.8, 4) is 6.07 Å². The van der Waals surface area contributed by atoms with E-state index in [1.54, 1.807) is 4.90 Å². The lowest BCUT2D eigenvalue weighted by Crippen LogP contribution is -2.50. The summed E-state index contributed by atoms with van der Waals surface area (Å²) in [6.07, 6.45) is 1.75. The second kappa shape index (κ2) is 5.20. The van der Waals surface area contributed by atoms with E-state index in [0.29, 0.717) is 6.54 Å². The predicted octanol–water partition coefficient (Wildman–Crippen LogP) is 2.21. The molecule has 90 valence electrons. The second-order valence-corrected chi connectivity index (χ2v) is 4.86. The van der Waals surface area contributed by atoms with E-state index in [1.165, 1.54) is 0 Å². The quantitative estimate of drug-likeness (QED) is 0.720. The molecule has 0 aliphatic carbocycles. The predicted molar refractivity (Wildman–Crippen MR) is 62.8 cm³/mol. The van der Waals surface area contributed by atoms with E-state index in [2.05, 4.69) is 6.07 Å². The lowest BCUT2D eigenvalue weighted by atomic mass is 10.2. The molecule has 0 saturated carbocycles. The fourth-order valence-corrected chi connectivity index (χ4v) is 2.32. The summed E-state index contributed by atoms with van der Waals surface area (Å²) < 4.78 is 0. The Morgan fingerprint density at radius 2 is 1.94 bits per heavy atom. The van der Waals surface area contributed by atoms with Crippen LogP contribution in [0.25, 0.3) is 0 Å². The number of hydrogen-bond donors (Lipinski definition) is 0. The van der Waals surface area contributed by atoms with Crippen molar-refractivity contribution in [2.24, 2.45) is 0 Å². The topological polar surface area (TPSA) is 47.3 Å². The third-order valence-electron chi connectivity index (χ3n) is 2.98. The first-order valence-electron chi connectivity index (χ1n) is 5.97. The minimum atomic E-state index is -0.229. The Morgan fingerprint density at radius 1 is 1.38 bits per heavy atom.